The first-order valence-corrected chi connectivity index (χ1v) is 4.84. The molecule has 0 aliphatic heterocycles. The average Bonchev–Trinajstić information content (AvgIpc) is 1.58. The molecular formula is C7H13O2Si. The number of hydrogen-bond donors (Lipinski definition) is 0. The van der Waals surface area contributed by atoms with Gasteiger partial charge in [-0.05, 0) is 13.8 Å². The van der Waals surface area contributed by atoms with Crippen molar-refractivity contribution in [1.82, 2.24) is 0 Å². The van der Waals surface area contributed by atoms with Crippen molar-refractivity contribution in [2.75, 3.05) is 0 Å². The molecule has 0 saturated heterocycles. The summed E-state index contributed by atoms with van der Waals surface area (Å²) < 4.78 is 10.4. The van der Waals surface area contributed by atoms with E-state index < -0.39 is 9.28 Å². The van der Waals surface area contributed by atoms with Crippen LogP contribution in [-0.4, -0.2) is 9.28 Å². The Bertz CT molecular complexity index is 127. The van der Waals surface area contributed by atoms with Crippen molar-refractivity contribution in [3.05, 3.63) is 24.7 Å². The summed E-state index contributed by atoms with van der Waals surface area (Å²) in [5.74, 6) is 1.38. The summed E-state index contributed by atoms with van der Waals surface area (Å²) in [6.45, 7) is 12.7. The second-order valence-electron chi connectivity index (χ2n) is 2.10. The van der Waals surface area contributed by atoms with Crippen LogP contribution in [0.2, 0.25) is 6.55 Å². The lowest BCUT2D eigenvalue weighted by Crippen LogP contribution is -2.15. The van der Waals surface area contributed by atoms with Crippen LogP contribution in [-0.2, 0) is 8.85 Å². The van der Waals surface area contributed by atoms with Crippen LogP contribution in [0.5, 0.6) is 0 Å². The molecule has 0 aliphatic carbocycles. The lowest BCUT2D eigenvalue weighted by atomic mass is 10.7. The molecule has 0 aromatic rings. The van der Waals surface area contributed by atoms with Gasteiger partial charge in [-0.25, -0.2) is 0 Å². The van der Waals surface area contributed by atoms with Crippen LogP contribution in [0.4, 0.5) is 0 Å². The lowest BCUT2D eigenvalue weighted by Gasteiger charge is -2.11. The third-order valence-corrected chi connectivity index (χ3v) is 1.91. The molecular weight excluding hydrogens is 144 g/mol. The zero-order chi connectivity index (χ0) is 8.15. The molecule has 0 aromatic heterocycles. The molecule has 2 nitrogen and oxygen atoms in total. The standard InChI is InChI=1S/C7H13O2Si/c1-6(2)8-10(5)9-7(3)4/h1,3H2,2,4-5H3. The molecule has 0 atom stereocenters. The summed E-state index contributed by atoms with van der Waals surface area (Å²) in [5.41, 5.74) is 0. The molecule has 3 heteroatoms. The maximum Gasteiger partial charge on any atom is 0.528 e. The summed E-state index contributed by atoms with van der Waals surface area (Å²) in [7, 11) is -1.19. The molecule has 10 heavy (non-hydrogen) atoms. The summed E-state index contributed by atoms with van der Waals surface area (Å²) in [6, 6.07) is 0. The highest BCUT2D eigenvalue weighted by molar-refractivity contribution is 6.43. The fourth-order valence-corrected chi connectivity index (χ4v) is 1.53. The Morgan fingerprint density at radius 1 is 1.10 bits per heavy atom. The first-order valence-electron chi connectivity index (χ1n) is 3.02. The van der Waals surface area contributed by atoms with Crippen molar-refractivity contribution in [3.63, 3.8) is 0 Å². The highest BCUT2D eigenvalue weighted by Crippen LogP contribution is 2.00. The van der Waals surface area contributed by atoms with Gasteiger partial charge in [-0.2, -0.15) is 0 Å². The van der Waals surface area contributed by atoms with Gasteiger partial charge < -0.3 is 8.85 Å². The van der Waals surface area contributed by atoms with Gasteiger partial charge in [0.1, 0.15) is 0 Å². The molecule has 0 aliphatic rings. The van der Waals surface area contributed by atoms with Gasteiger partial charge in [0.25, 0.3) is 0 Å². The molecule has 0 heterocycles. The van der Waals surface area contributed by atoms with E-state index in [1.165, 1.54) is 0 Å². The quantitative estimate of drug-likeness (QED) is 0.460. The third-order valence-electron chi connectivity index (χ3n) is 0.636. The summed E-state index contributed by atoms with van der Waals surface area (Å²) >= 11 is 0. The van der Waals surface area contributed by atoms with Gasteiger partial charge in [-0.1, -0.05) is 13.2 Å². The van der Waals surface area contributed by atoms with Crippen molar-refractivity contribution in [1.29, 1.82) is 0 Å². The Labute approximate surface area is 64.0 Å². The number of hydrogen-bond acceptors (Lipinski definition) is 2. The van der Waals surface area contributed by atoms with Crippen molar-refractivity contribution in [2.24, 2.45) is 0 Å². The fourth-order valence-electron chi connectivity index (χ4n) is 0.512. The highest BCUT2D eigenvalue weighted by atomic mass is 28.3. The first-order chi connectivity index (χ1) is 4.52. The molecule has 0 spiro atoms. The van der Waals surface area contributed by atoms with Gasteiger partial charge in [0.05, 0.1) is 11.5 Å². The summed E-state index contributed by atoms with van der Waals surface area (Å²) in [5, 5.41) is 0. The minimum atomic E-state index is -1.19. The second-order valence-corrected chi connectivity index (χ2v) is 3.49. The van der Waals surface area contributed by atoms with Crippen LogP contribution in [0.25, 0.3) is 0 Å². The van der Waals surface area contributed by atoms with Crippen molar-refractivity contribution < 1.29 is 8.85 Å². The molecule has 0 amide bonds. The van der Waals surface area contributed by atoms with Crippen LogP contribution in [0, 0.1) is 0 Å². The van der Waals surface area contributed by atoms with Gasteiger partial charge in [-0.3, -0.25) is 0 Å². The van der Waals surface area contributed by atoms with Gasteiger partial charge >= 0.3 is 9.28 Å². The van der Waals surface area contributed by atoms with E-state index in [9.17, 15) is 0 Å². The average molecular weight is 157 g/mol. The zero-order valence-electron chi connectivity index (χ0n) is 6.73. The largest absolute Gasteiger partial charge is 0.528 e. The molecule has 0 aromatic carbocycles. The van der Waals surface area contributed by atoms with Crippen LogP contribution in [0.1, 0.15) is 13.8 Å². The molecule has 0 bridgehead atoms. The van der Waals surface area contributed by atoms with Gasteiger partial charge in [-0.15, -0.1) is 0 Å². The topological polar surface area (TPSA) is 18.5 Å². The molecule has 0 saturated carbocycles. The maximum absolute atomic E-state index is 5.19. The molecule has 1 radical (unpaired) electrons. The van der Waals surface area contributed by atoms with Gasteiger partial charge in [0.15, 0.2) is 0 Å². The Hall–Kier alpha value is -0.703. The van der Waals surface area contributed by atoms with E-state index in [-0.39, 0.29) is 0 Å². The number of allylic oxidation sites excluding steroid dienone is 2. The molecule has 0 rings (SSSR count). The van der Waals surface area contributed by atoms with Crippen LogP contribution in [0.3, 0.4) is 0 Å². The Kier molecular flexibility index (Phi) is 3.87. The highest BCUT2D eigenvalue weighted by Gasteiger charge is 2.10. The van der Waals surface area contributed by atoms with E-state index in [0.717, 1.165) is 0 Å². The Morgan fingerprint density at radius 2 is 1.40 bits per heavy atom. The number of rotatable bonds is 4. The molecule has 0 N–H and O–H groups in total. The van der Waals surface area contributed by atoms with Gasteiger partial charge in [0.2, 0.25) is 0 Å². The molecule has 57 valence electrons. The molecule has 0 fully saturated rings. The van der Waals surface area contributed by atoms with E-state index in [0.29, 0.717) is 11.5 Å². The van der Waals surface area contributed by atoms with Crippen molar-refractivity contribution in [3.8, 4) is 0 Å². The summed E-state index contributed by atoms with van der Waals surface area (Å²) in [6.07, 6.45) is 0. The van der Waals surface area contributed by atoms with Crippen molar-refractivity contribution >= 4 is 9.28 Å². The minimum absolute atomic E-state index is 0.692. The fraction of sp³-hybridized carbons (Fsp3) is 0.429. The van der Waals surface area contributed by atoms with Crippen LogP contribution < -0.4 is 0 Å². The predicted molar refractivity (Wildman–Crippen MR) is 43.4 cm³/mol. The second kappa shape index (κ2) is 4.17. The maximum atomic E-state index is 5.19. The van der Waals surface area contributed by atoms with Crippen LogP contribution in [0.15, 0.2) is 24.7 Å². The molecule has 0 unspecified atom stereocenters. The Morgan fingerprint density at radius 3 is 1.60 bits per heavy atom. The van der Waals surface area contributed by atoms with E-state index in [2.05, 4.69) is 13.2 Å². The Balaban J connectivity index is 3.53. The predicted octanol–water partition coefficient (Wildman–Crippen LogP) is 2.20. The lowest BCUT2D eigenvalue weighted by molar-refractivity contribution is 0.304. The van der Waals surface area contributed by atoms with E-state index >= 15 is 0 Å². The first kappa shape index (κ1) is 9.30. The monoisotopic (exact) mass is 157 g/mol. The van der Waals surface area contributed by atoms with Crippen LogP contribution >= 0.6 is 0 Å². The zero-order valence-corrected chi connectivity index (χ0v) is 7.73. The SMILES string of the molecule is C=C(C)O[Si](C)OC(=C)C. The van der Waals surface area contributed by atoms with E-state index in [1.807, 2.05) is 6.55 Å². The van der Waals surface area contributed by atoms with Gasteiger partial charge in [0, 0.05) is 6.55 Å². The smallest absolute Gasteiger partial charge is 0.515 e. The van der Waals surface area contributed by atoms with Crippen molar-refractivity contribution in [2.45, 2.75) is 20.4 Å². The summed E-state index contributed by atoms with van der Waals surface area (Å²) in [4.78, 5) is 0. The van der Waals surface area contributed by atoms with E-state index in [1.54, 1.807) is 13.8 Å². The normalized spacial score (nSPS) is 9.20. The van der Waals surface area contributed by atoms with E-state index in [4.69, 9.17) is 8.85 Å². The minimum Gasteiger partial charge on any atom is -0.515 e. The third kappa shape index (κ3) is 5.43.